The topological polar surface area (TPSA) is 190 Å². The van der Waals surface area contributed by atoms with Gasteiger partial charge in [0, 0.05) is 11.5 Å². The molecule has 11 nitrogen and oxygen atoms in total. The van der Waals surface area contributed by atoms with Crippen LogP contribution in [0.3, 0.4) is 0 Å². The molecule has 1 aromatic carbocycles. The lowest BCUT2D eigenvalue weighted by Crippen LogP contribution is -2.65. The van der Waals surface area contributed by atoms with Gasteiger partial charge in [0.05, 0.1) is 22.6 Å². The van der Waals surface area contributed by atoms with Crippen molar-refractivity contribution in [3.8, 4) is 5.75 Å². The first-order valence-electron chi connectivity index (χ1n) is 10.7. The number of hydrogen-bond acceptors (Lipinski definition) is 9. The van der Waals surface area contributed by atoms with Crippen LogP contribution in [0.25, 0.3) is 5.76 Å². The Morgan fingerprint density at radius 3 is 2.42 bits per heavy atom. The van der Waals surface area contributed by atoms with Crippen LogP contribution in [-0.4, -0.2) is 79.8 Å². The number of amides is 2. The van der Waals surface area contributed by atoms with Crippen LogP contribution in [0.15, 0.2) is 29.0 Å². The molecule has 194 valence electrons. The Kier molecular flexibility index (Phi) is 7.30. The normalized spacial score (nSPS) is 27.2. The minimum atomic E-state index is -2.69. The van der Waals surface area contributed by atoms with Gasteiger partial charge in [0.1, 0.15) is 22.8 Å². The number of aromatic hydroxyl groups is 1. The summed E-state index contributed by atoms with van der Waals surface area (Å²) in [7, 11) is 3.07. The van der Waals surface area contributed by atoms with Crippen LogP contribution < -0.4 is 11.1 Å². The summed E-state index contributed by atoms with van der Waals surface area (Å²) >= 11 is 3.00. The number of hydrogen-bond donors (Lipinski definition) is 6. The van der Waals surface area contributed by atoms with E-state index in [0.29, 0.717) is 5.56 Å². The van der Waals surface area contributed by atoms with Gasteiger partial charge in [-0.25, -0.2) is 0 Å². The number of nitrogens with zero attached hydrogens (tertiary/aromatic N) is 1. The molecule has 0 aliphatic heterocycles. The molecule has 2 amide bonds. The monoisotopic (exact) mass is 585 g/mol. The standard InChI is InChI=1S/C23H24BrN3O8.ClH/c1-27(2)16-10-6-9-5-8-3-4-11(26-12(28)7-24)17(29)13(8)18(30)14(9)20(32)23(10,35)21(33)15(19(16)31)22(25)34;/h3-4,9-10,16,29-30,33,35H,5-7H2,1-2H3,(H2,25,34)(H,26,28);1H/t9?,10?,16-,23-;/m0./s1. The van der Waals surface area contributed by atoms with Crippen molar-refractivity contribution in [2.24, 2.45) is 17.6 Å². The maximum Gasteiger partial charge on any atom is 0.255 e. The largest absolute Gasteiger partial charge is 0.508 e. The highest BCUT2D eigenvalue weighted by molar-refractivity contribution is 9.09. The van der Waals surface area contributed by atoms with Gasteiger partial charge >= 0.3 is 0 Å². The fraction of sp³-hybridized carbons (Fsp3) is 0.391. The summed E-state index contributed by atoms with van der Waals surface area (Å²) in [5.41, 5.74) is 1.89. The fourth-order valence-electron chi connectivity index (χ4n) is 5.50. The van der Waals surface area contributed by atoms with E-state index in [1.54, 1.807) is 6.07 Å². The number of phenols is 1. The van der Waals surface area contributed by atoms with Gasteiger partial charge in [-0.15, -0.1) is 12.4 Å². The minimum absolute atomic E-state index is 0. The Hall–Kier alpha value is -2.93. The van der Waals surface area contributed by atoms with Crippen molar-refractivity contribution < 1.29 is 39.6 Å². The summed E-state index contributed by atoms with van der Waals surface area (Å²) in [5.74, 6) is -7.66. The summed E-state index contributed by atoms with van der Waals surface area (Å²) in [5, 5.41) is 46.7. The number of alkyl halides is 1. The van der Waals surface area contributed by atoms with Gasteiger partial charge in [0.25, 0.3) is 5.91 Å². The number of benzene rings is 1. The molecule has 36 heavy (non-hydrogen) atoms. The molecule has 0 spiro atoms. The highest BCUT2D eigenvalue weighted by Gasteiger charge is 2.64. The average molecular weight is 587 g/mol. The molecule has 4 atom stereocenters. The molecule has 13 heteroatoms. The number of halogens is 2. The Morgan fingerprint density at radius 1 is 1.22 bits per heavy atom. The molecule has 7 N–H and O–H groups in total. The first-order valence-corrected chi connectivity index (χ1v) is 11.8. The van der Waals surface area contributed by atoms with E-state index in [2.05, 4.69) is 21.2 Å². The predicted molar refractivity (Wildman–Crippen MR) is 134 cm³/mol. The lowest BCUT2D eigenvalue weighted by molar-refractivity contribution is -0.153. The van der Waals surface area contributed by atoms with E-state index in [9.17, 15) is 39.6 Å². The second kappa shape index (κ2) is 9.51. The summed E-state index contributed by atoms with van der Waals surface area (Å²) in [6.45, 7) is 0. The van der Waals surface area contributed by atoms with Gasteiger partial charge in [-0.1, -0.05) is 22.0 Å². The number of phenolic OH excluding ortho intramolecular Hbond substituents is 1. The van der Waals surface area contributed by atoms with Crippen LogP contribution in [0, 0.1) is 11.8 Å². The Balaban J connectivity index is 0.00000361. The number of primary amides is 1. The highest BCUT2D eigenvalue weighted by atomic mass is 79.9. The molecule has 1 aromatic rings. The van der Waals surface area contributed by atoms with Crippen LogP contribution in [0.5, 0.6) is 5.75 Å². The van der Waals surface area contributed by atoms with Gasteiger partial charge in [0.15, 0.2) is 11.4 Å². The van der Waals surface area contributed by atoms with Crippen molar-refractivity contribution in [2.75, 3.05) is 24.7 Å². The zero-order valence-electron chi connectivity index (χ0n) is 19.2. The molecule has 3 aliphatic rings. The number of nitrogens with two attached hydrogens (primary N) is 1. The third kappa shape index (κ3) is 3.79. The fourth-order valence-corrected chi connectivity index (χ4v) is 5.64. The molecular weight excluding hydrogens is 562 g/mol. The molecule has 0 bridgehead atoms. The second-order valence-corrected chi connectivity index (χ2v) is 9.70. The molecular formula is C23H25BrClN3O8. The van der Waals surface area contributed by atoms with Gasteiger partial charge in [-0.05, 0) is 44.5 Å². The van der Waals surface area contributed by atoms with Crippen LogP contribution in [0.1, 0.15) is 17.5 Å². The van der Waals surface area contributed by atoms with E-state index in [4.69, 9.17) is 5.73 Å². The predicted octanol–water partition coefficient (Wildman–Crippen LogP) is 0.719. The summed E-state index contributed by atoms with van der Waals surface area (Å²) < 4.78 is 0. The van der Waals surface area contributed by atoms with Gasteiger partial charge < -0.3 is 31.5 Å². The molecule has 1 fully saturated rings. The van der Waals surface area contributed by atoms with Crippen molar-refractivity contribution in [3.63, 3.8) is 0 Å². The molecule has 0 radical (unpaired) electrons. The smallest absolute Gasteiger partial charge is 0.255 e. The molecule has 0 heterocycles. The van der Waals surface area contributed by atoms with Gasteiger partial charge in [-0.3, -0.25) is 24.1 Å². The first-order chi connectivity index (χ1) is 16.4. The molecule has 3 aliphatic carbocycles. The van der Waals surface area contributed by atoms with Crippen LogP contribution in [0.2, 0.25) is 0 Å². The van der Waals surface area contributed by atoms with E-state index < -0.39 is 69.7 Å². The number of aliphatic hydroxyl groups is 3. The zero-order valence-corrected chi connectivity index (χ0v) is 21.6. The van der Waals surface area contributed by atoms with E-state index in [-0.39, 0.29) is 47.4 Å². The molecule has 0 saturated heterocycles. The van der Waals surface area contributed by atoms with Crippen LogP contribution in [0.4, 0.5) is 5.69 Å². The van der Waals surface area contributed by atoms with Gasteiger partial charge in [0.2, 0.25) is 11.7 Å². The van der Waals surface area contributed by atoms with Crippen molar-refractivity contribution in [1.29, 1.82) is 0 Å². The Labute approximate surface area is 220 Å². The molecule has 2 unspecified atom stereocenters. The van der Waals surface area contributed by atoms with Crippen molar-refractivity contribution >= 4 is 63.2 Å². The van der Waals surface area contributed by atoms with Crippen LogP contribution in [-0.2, 0) is 25.6 Å². The third-order valence-corrected chi connectivity index (χ3v) is 7.50. The SMILES string of the molecule is CN(C)[C@@H]1C(=O)C(C(N)=O)=C(O)[C@@]2(O)C(=O)C3=C(O)c4c(ccc(NC(=O)CBr)c4O)CC3CC12.Cl. The number of fused-ring (bicyclic) bond motifs is 3. The number of carbonyl (C=O) groups is 4. The van der Waals surface area contributed by atoms with Crippen molar-refractivity contribution in [1.82, 2.24) is 4.90 Å². The van der Waals surface area contributed by atoms with E-state index in [1.807, 2.05) is 0 Å². The number of rotatable bonds is 4. The maximum atomic E-state index is 13.7. The number of Topliss-reactive ketones (excluding diaryl/α,β-unsaturated/α-hetero) is 2. The van der Waals surface area contributed by atoms with Crippen molar-refractivity contribution in [3.05, 3.63) is 40.2 Å². The second-order valence-electron chi connectivity index (χ2n) is 9.14. The first kappa shape index (κ1) is 27.7. The summed E-state index contributed by atoms with van der Waals surface area (Å²) in [4.78, 5) is 51.9. The summed E-state index contributed by atoms with van der Waals surface area (Å²) in [6.07, 6.45) is 0.184. The molecule has 1 saturated carbocycles. The highest BCUT2D eigenvalue weighted by Crippen LogP contribution is 2.53. The zero-order chi connectivity index (χ0) is 26.0. The number of aliphatic hydroxyl groups excluding tert-OH is 2. The average Bonchev–Trinajstić information content (AvgIpc) is 2.77. The lowest BCUT2D eigenvalue weighted by atomic mass is 9.57. The molecule has 4 rings (SSSR count). The number of anilines is 1. The number of likely N-dealkylation sites (N-methyl/N-ethyl adjacent to an activating group) is 1. The van der Waals surface area contributed by atoms with E-state index in [1.165, 1.54) is 25.1 Å². The Bertz CT molecular complexity index is 1260. The number of carbonyl (C=O) groups excluding carboxylic acids is 4. The molecule has 0 aromatic heterocycles. The maximum absolute atomic E-state index is 13.7. The quantitative estimate of drug-likeness (QED) is 0.168. The van der Waals surface area contributed by atoms with Crippen LogP contribution >= 0.6 is 28.3 Å². The van der Waals surface area contributed by atoms with Crippen molar-refractivity contribution in [2.45, 2.75) is 24.5 Å². The third-order valence-electron chi connectivity index (χ3n) is 6.99. The lowest BCUT2D eigenvalue weighted by Gasteiger charge is -2.50. The Morgan fingerprint density at radius 2 is 1.86 bits per heavy atom. The minimum Gasteiger partial charge on any atom is -0.508 e. The summed E-state index contributed by atoms with van der Waals surface area (Å²) in [6, 6.07) is 1.92. The van der Waals surface area contributed by atoms with Gasteiger partial charge in [-0.2, -0.15) is 0 Å². The van der Waals surface area contributed by atoms with E-state index >= 15 is 0 Å². The number of ketones is 2. The van der Waals surface area contributed by atoms with E-state index in [0.717, 1.165) is 0 Å². The number of nitrogens with one attached hydrogen (secondary N) is 1.